The molecule has 0 aliphatic carbocycles. The Morgan fingerprint density at radius 1 is 1.12 bits per heavy atom. The number of methoxy groups -OCH3 is 1. The number of amides is 1. The lowest BCUT2D eigenvalue weighted by atomic mass is 9.88. The fourth-order valence-electron chi connectivity index (χ4n) is 4.36. The molecule has 3 aromatic rings. The molecule has 0 spiro atoms. The maximum atomic E-state index is 12.9. The van der Waals surface area contributed by atoms with Crippen molar-refractivity contribution in [2.45, 2.75) is 30.9 Å². The molecule has 1 aliphatic rings. The quantitative estimate of drug-likeness (QED) is 0.469. The van der Waals surface area contributed by atoms with Crippen molar-refractivity contribution in [1.29, 1.82) is 0 Å². The maximum absolute atomic E-state index is 12.9. The second-order valence-electron chi connectivity index (χ2n) is 8.67. The smallest absolute Gasteiger partial charge is 0.330 e. The lowest BCUT2D eigenvalue weighted by Gasteiger charge is -2.38. The van der Waals surface area contributed by atoms with Crippen LogP contribution < -0.4 is 5.32 Å². The van der Waals surface area contributed by atoms with Gasteiger partial charge in [-0.3, -0.25) is 9.78 Å². The lowest BCUT2D eigenvalue weighted by Crippen LogP contribution is -2.47. The van der Waals surface area contributed by atoms with Gasteiger partial charge < -0.3 is 25.2 Å². The van der Waals surface area contributed by atoms with Gasteiger partial charge in [0.05, 0.1) is 11.1 Å². The number of aliphatic carboxylic acids is 1. The highest BCUT2D eigenvalue weighted by Crippen LogP contribution is 2.28. The molecule has 178 valence electrons. The van der Waals surface area contributed by atoms with Crippen LogP contribution in [0.25, 0.3) is 10.9 Å². The summed E-state index contributed by atoms with van der Waals surface area (Å²) < 4.78 is 5.07. The Morgan fingerprint density at radius 3 is 2.50 bits per heavy atom. The van der Waals surface area contributed by atoms with E-state index in [1.54, 1.807) is 48.5 Å². The Hall–Kier alpha value is -3.49. The number of aromatic nitrogens is 1. The Morgan fingerprint density at radius 2 is 1.82 bits per heavy atom. The van der Waals surface area contributed by atoms with Gasteiger partial charge in [-0.15, -0.1) is 0 Å². The van der Waals surface area contributed by atoms with Crippen LogP contribution in [-0.4, -0.2) is 64.4 Å². The highest BCUT2D eigenvalue weighted by Gasteiger charge is 2.33. The second-order valence-corrected chi connectivity index (χ2v) is 8.67. The topological polar surface area (TPSA) is 112 Å². The highest BCUT2D eigenvalue weighted by molar-refractivity contribution is 5.95. The van der Waals surface area contributed by atoms with Gasteiger partial charge in [0.2, 0.25) is 0 Å². The standard InChI is InChI=1S/C26H29N3O5/c1-34-17-13-26(33)11-15-29(16-12-26)24(30)19-7-9-20(10-8-19)28-23(25(31)32)21-6-2-4-18-5-3-14-27-22(18)21/h2-10,14,23,28,33H,11-13,15-17H2,1H3,(H,31,32). The minimum absolute atomic E-state index is 0.103. The number of likely N-dealkylation sites (tertiary alicyclic amines) is 1. The van der Waals surface area contributed by atoms with Crippen LogP contribution in [0.3, 0.4) is 0 Å². The van der Waals surface area contributed by atoms with E-state index in [2.05, 4.69) is 10.3 Å². The summed E-state index contributed by atoms with van der Waals surface area (Å²) in [5.41, 5.74) is 1.52. The van der Waals surface area contributed by atoms with Crippen molar-refractivity contribution in [1.82, 2.24) is 9.88 Å². The minimum Gasteiger partial charge on any atom is -0.479 e. The lowest BCUT2D eigenvalue weighted by molar-refractivity contribution is -0.138. The Balaban J connectivity index is 1.45. The number of carbonyl (C=O) groups is 2. The molecule has 8 heteroatoms. The summed E-state index contributed by atoms with van der Waals surface area (Å²) >= 11 is 0. The van der Waals surface area contributed by atoms with Crippen LogP contribution in [0.5, 0.6) is 0 Å². The number of hydrogen-bond donors (Lipinski definition) is 3. The number of fused-ring (bicyclic) bond motifs is 1. The van der Waals surface area contributed by atoms with Gasteiger partial charge in [0.15, 0.2) is 6.04 Å². The maximum Gasteiger partial charge on any atom is 0.330 e. The number of carboxylic acid groups (broad SMARTS) is 1. The van der Waals surface area contributed by atoms with E-state index in [1.165, 1.54) is 0 Å². The molecule has 34 heavy (non-hydrogen) atoms. The van der Waals surface area contributed by atoms with Gasteiger partial charge in [-0.2, -0.15) is 0 Å². The van der Waals surface area contributed by atoms with Crippen molar-refractivity contribution in [3.8, 4) is 0 Å². The zero-order chi connectivity index (χ0) is 24.1. The van der Waals surface area contributed by atoms with E-state index in [4.69, 9.17) is 4.74 Å². The third-order valence-corrected chi connectivity index (χ3v) is 6.42. The molecule has 4 rings (SSSR count). The van der Waals surface area contributed by atoms with E-state index in [0.717, 1.165) is 5.39 Å². The van der Waals surface area contributed by atoms with Crippen LogP contribution in [0.2, 0.25) is 0 Å². The van der Waals surface area contributed by atoms with Crippen LogP contribution in [0.15, 0.2) is 60.8 Å². The first kappa shape index (κ1) is 23.7. The van der Waals surface area contributed by atoms with Crippen LogP contribution >= 0.6 is 0 Å². The monoisotopic (exact) mass is 463 g/mol. The van der Waals surface area contributed by atoms with E-state index < -0.39 is 17.6 Å². The van der Waals surface area contributed by atoms with Crippen molar-refractivity contribution < 1.29 is 24.5 Å². The molecule has 2 heterocycles. The number of hydrogen-bond acceptors (Lipinski definition) is 6. The van der Waals surface area contributed by atoms with Crippen LogP contribution in [0.4, 0.5) is 5.69 Å². The number of para-hydroxylation sites is 1. The van der Waals surface area contributed by atoms with Crippen LogP contribution in [0, 0.1) is 0 Å². The Kier molecular flexibility index (Phi) is 7.09. The van der Waals surface area contributed by atoms with E-state index in [9.17, 15) is 19.8 Å². The number of nitrogens with zero attached hydrogens (tertiary/aromatic N) is 2. The number of carbonyl (C=O) groups excluding carboxylic acids is 1. The average Bonchev–Trinajstić information content (AvgIpc) is 2.86. The number of piperidine rings is 1. The summed E-state index contributed by atoms with van der Waals surface area (Å²) in [5, 5.41) is 24.4. The number of anilines is 1. The van der Waals surface area contributed by atoms with Crippen LogP contribution in [0.1, 0.15) is 41.2 Å². The predicted octanol–water partition coefficient (Wildman–Crippen LogP) is 3.48. The third kappa shape index (κ3) is 5.18. The van der Waals surface area contributed by atoms with E-state index in [1.807, 2.05) is 24.3 Å². The third-order valence-electron chi connectivity index (χ3n) is 6.42. The number of nitrogens with one attached hydrogen (secondary N) is 1. The predicted molar refractivity (Wildman–Crippen MR) is 129 cm³/mol. The molecule has 8 nitrogen and oxygen atoms in total. The van der Waals surface area contributed by atoms with Crippen molar-refractivity contribution in [3.63, 3.8) is 0 Å². The molecule has 1 saturated heterocycles. The molecule has 1 amide bonds. The van der Waals surface area contributed by atoms with Gasteiger partial charge in [0.1, 0.15) is 0 Å². The van der Waals surface area contributed by atoms with E-state index in [-0.39, 0.29) is 5.91 Å². The summed E-state index contributed by atoms with van der Waals surface area (Å²) in [6.45, 7) is 1.45. The van der Waals surface area contributed by atoms with Crippen molar-refractivity contribution in [2.24, 2.45) is 0 Å². The average molecular weight is 464 g/mol. The van der Waals surface area contributed by atoms with Crippen molar-refractivity contribution >= 4 is 28.5 Å². The van der Waals surface area contributed by atoms with Gasteiger partial charge in [-0.1, -0.05) is 24.3 Å². The Bertz CT molecular complexity index is 1150. The molecule has 1 unspecified atom stereocenters. The molecule has 0 bridgehead atoms. The molecule has 1 aliphatic heterocycles. The molecular formula is C26H29N3O5. The van der Waals surface area contributed by atoms with Crippen molar-refractivity contribution in [2.75, 3.05) is 32.1 Å². The first-order chi connectivity index (χ1) is 16.4. The summed E-state index contributed by atoms with van der Waals surface area (Å²) in [7, 11) is 1.61. The normalized spacial score (nSPS) is 16.2. The van der Waals surface area contributed by atoms with Gasteiger partial charge in [0, 0.05) is 55.2 Å². The molecule has 2 aromatic carbocycles. The molecule has 1 aromatic heterocycles. The van der Waals surface area contributed by atoms with E-state index in [0.29, 0.717) is 61.3 Å². The van der Waals surface area contributed by atoms with Gasteiger partial charge in [-0.05, 0) is 49.6 Å². The molecule has 1 atom stereocenters. The fourth-order valence-corrected chi connectivity index (χ4v) is 4.36. The summed E-state index contributed by atoms with van der Waals surface area (Å²) in [4.78, 5) is 31.1. The first-order valence-electron chi connectivity index (χ1n) is 11.3. The minimum atomic E-state index is -1.02. The molecular weight excluding hydrogens is 434 g/mol. The summed E-state index contributed by atoms with van der Waals surface area (Å²) in [5.74, 6) is -1.12. The summed E-state index contributed by atoms with van der Waals surface area (Å²) in [6.07, 6.45) is 3.23. The zero-order valence-electron chi connectivity index (χ0n) is 19.1. The summed E-state index contributed by atoms with van der Waals surface area (Å²) in [6, 6.07) is 15.0. The molecule has 3 N–H and O–H groups in total. The first-order valence-corrected chi connectivity index (χ1v) is 11.3. The SMILES string of the molecule is COCCC1(O)CCN(C(=O)c2ccc(NC(C(=O)O)c3cccc4cccnc34)cc2)CC1. The molecule has 0 radical (unpaired) electrons. The molecule has 0 saturated carbocycles. The van der Waals surface area contributed by atoms with Crippen molar-refractivity contribution in [3.05, 3.63) is 71.9 Å². The van der Waals surface area contributed by atoms with Gasteiger partial charge in [0.25, 0.3) is 5.91 Å². The van der Waals surface area contributed by atoms with Gasteiger partial charge >= 0.3 is 5.97 Å². The highest BCUT2D eigenvalue weighted by atomic mass is 16.5. The number of carboxylic acids is 1. The van der Waals surface area contributed by atoms with Gasteiger partial charge in [-0.25, -0.2) is 4.79 Å². The largest absolute Gasteiger partial charge is 0.479 e. The zero-order valence-corrected chi connectivity index (χ0v) is 19.1. The molecule has 1 fully saturated rings. The Labute approximate surface area is 198 Å². The number of benzene rings is 2. The second kappa shape index (κ2) is 10.2. The van der Waals surface area contributed by atoms with E-state index >= 15 is 0 Å². The fraction of sp³-hybridized carbons (Fsp3) is 0.346. The number of pyridine rings is 1. The number of aliphatic hydroxyl groups is 1. The number of rotatable bonds is 8. The number of ether oxygens (including phenoxy) is 1. The van der Waals surface area contributed by atoms with Crippen LogP contribution in [-0.2, 0) is 9.53 Å².